The van der Waals surface area contributed by atoms with Crippen molar-refractivity contribution in [1.82, 2.24) is 14.4 Å². The number of hydrogen-bond donors (Lipinski definition) is 1. The molecule has 0 aliphatic heterocycles. The molecule has 2 rings (SSSR count). The average Bonchev–Trinajstić information content (AvgIpc) is 2.32. The van der Waals surface area contributed by atoms with Crippen molar-refractivity contribution in [1.29, 1.82) is 0 Å². The smallest absolute Gasteiger partial charge is 0.206 e. The molecule has 2 aromatic rings. The second-order valence-corrected chi connectivity index (χ2v) is 2.44. The molecular weight excluding hydrogens is 140 g/mol. The van der Waals surface area contributed by atoms with E-state index in [1.807, 2.05) is 13.0 Å². The summed E-state index contributed by atoms with van der Waals surface area (Å²) in [4.78, 5) is 8.02. The standard InChI is InChI=1S/C7H8N4/c1-5-2-6-3-9-7(8)11(6)4-10-5/h2-4H,1H3,(H2,8,9). The van der Waals surface area contributed by atoms with Crippen LogP contribution in [0.1, 0.15) is 5.69 Å². The van der Waals surface area contributed by atoms with E-state index in [0.29, 0.717) is 5.95 Å². The molecule has 0 unspecified atom stereocenters. The zero-order chi connectivity index (χ0) is 7.84. The summed E-state index contributed by atoms with van der Waals surface area (Å²) >= 11 is 0. The van der Waals surface area contributed by atoms with Gasteiger partial charge in [0.15, 0.2) is 0 Å². The molecule has 0 saturated carbocycles. The van der Waals surface area contributed by atoms with E-state index in [-0.39, 0.29) is 0 Å². The van der Waals surface area contributed by atoms with Crippen LogP contribution in [0.4, 0.5) is 5.95 Å². The molecule has 11 heavy (non-hydrogen) atoms. The van der Waals surface area contributed by atoms with Gasteiger partial charge >= 0.3 is 0 Å². The first kappa shape index (κ1) is 6.15. The predicted molar refractivity (Wildman–Crippen MR) is 42.1 cm³/mol. The van der Waals surface area contributed by atoms with Crippen molar-refractivity contribution >= 4 is 11.5 Å². The van der Waals surface area contributed by atoms with Crippen LogP contribution in [-0.2, 0) is 0 Å². The van der Waals surface area contributed by atoms with E-state index in [1.165, 1.54) is 0 Å². The van der Waals surface area contributed by atoms with Gasteiger partial charge in [0.1, 0.15) is 6.33 Å². The van der Waals surface area contributed by atoms with Gasteiger partial charge in [0.2, 0.25) is 5.95 Å². The van der Waals surface area contributed by atoms with Crippen molar-refractivity contribution in [3.8, 4) is 0 Å². The highest BCUT2D eigenvalue weighted by atomic mass is 15.1. The summed E-state index contributed by atoms with van der Waals surface area (Å²) in [6.07, 6.45) is 3.40. The van der Waals surface area contributed by atoms with Gasteiger partial charge in [-0.25, -0.2) is 9.97 Å². The summed E-state index contributed by atoms with van der Waals surface area (Å²) in [6.45, 7) is 1.93. The fourth-order valence-corrected chi connectivity index (χ4v) is 1.02. The second-order valence-electron chi connectivity index (χ2n) is 2.44. The van der Waals surface area contributed by atoms with E-state index < -0.39 is 0 Å². The van der Waals surface area contributed by atoms with E-state index in [1.54, 1.807) is 16.9 Å². The molecule has 2 heterocycles. The van der Waals surface area contributed by atoms with Crippen LogP contribution < -0.4 is 5.73 Å². The fourth-order valence-electron chi connectivity index (χ4n) is 1.02. The van der Waals surface area contributed by atoms with Gasteiger partial charge in [-0.05, 0) is 13.0 Å². The van der Waals surface area contributed by atoms with Crippen molar-refractivity contribution in [2.24, 2.45) is 0 Å². The Hall–Kier alpha value is -1.58. The van der Waals surface area contributed by atoms with Gasteiger partial charge in [-0.15, -0.1) is 0 Å². The molecule has 0 saturated heterocycles. The van der Waals surface area contributed by atoms with Crippen molar-refractivity contribution < 1.29 is 0 Å². The van der Waals surface area contributed by atoms with Crippen LogP contribution in [0.15, 0.2) is 18.6 Å². The van der Waals surface area contributed by atoms with Gasteiger partial charge in [0.25, 0.3) is 0 Å². The number of imidazole rings is 1. The molecule has 4 heteroatoms. The van der Waals surface area contributed by atoms with Gasteiger partial charge in [0.05, 0.1) is 11.7 Å². The van der Waals surface area contributed by atoms with Crippen LogP contribution in [0.2, 0.25) is 0 Å². The average molecular weight is 148 g/mol. The molecule has 0 radical (unpaired) electrons. The van der Waals surface area contributed by atoms with Gasteiger partial charge in [0, 0.05) is 5.69 Å². The lowest BCUT2D eigenvalue weighted by atomic mass is 10.4. The monoisotopic (exact) mass is 148 g/mol. The van der Waals surface area contributed by atoms with Crippen molar-refractivity contribution in [3.63, 3.8) is 0 Å². The van der Waals surface area contributed by atoms with E-state index >= 15 is 0 Å². The van der Waals surface area contributed by atoms with Crippen molar-refractivity contribution in [2.75, 3.05) is 5.73 Å². The molecule has 4 nitrogen and oxygen atoms in total. The van der Waals surface area contributed by atoms with Crippen LogP contribution in [0.5, 0.6) is 0 Å². The van der Waals surface area contributed by atoms with E-state index in [4.69, 9.17) is 5.73 Å². The molecule has 0 aliphatic carbocycles. The molecule has 0 fully saturated rings. The van der Waals surface area contributed by atoms with Gasteiger partial charge < -0.3 is 5.73 Å². The SMILES string of the molecule is Cc1cc2cnc(N)n2cn1. The highest BCUT2D eigenvalue weighted by Gasteiger charge is 1.97. The molecule has 0 spiro atoms. The van der Waals surface area contributed by atoms with Crippen molar-refractivity contribution in [2.45, 2.75) is 6.92 Å². The number of hydrogen-bond acceptors (Lipinski definition) is 3. The number of nitrogens with two attached hydrogens (primary N) is 1. The first-order valence-electron chi connectivity index (χ1n) is 3.32. The number of aromatic nitrogens is 3. The number of fused-ring (bicyclic) bond motifs is 1. The number of rotatable bonds is 0. The highest BCUT2D eigenvalue weighted by Crippen LogP contribution is 2.07. The van der Waals surface area contributed by atoms with Gasteiger partial charge in [-0.3, -0.25) is 4.40 Å². The molecule has 0 bridgehead atoms. The minimum absolute atomic E-state index is 0.479. The van der Waals surface area contributed by atoms with Crippen LogP contribution >= 0.6 is 0 Å². The number of nitrogen functional groups attached to an aromatic ring is 1. The lowest BCUT2D eigenvalue weighted by Gasteiger charge is -1.94. The predicted octanol–water partition coefficient (Wildman–Crippen LogP) is 0.620. The molecule has 0 aromatic carbocycles. The second kappa shape index (κ2) is 1.95. The number of aryl methyl sites for hydroxylation is 1. The van der Waals surface area contributed by atoms with Crippen LogP contribution in [0.3, 0.4) is 0 Å². The molecule has 0 atom stereocenters. The number of nitrogens with zero attached hydrogens (tertiary/aromatic N) is 3. The topological polar surface area (TPSA) is 56.2 Å². The zero-order valence-corrected chi connectivity index (χ0v) is 6.15. The first-order chi connectivity index (χ1) is 5.27. The maximum Gasteiger partial charge on any atom is 0.206 e. The maximum absolute atomic E-state index is 5.54. The lowest BCUT2D eigenvalue weighted by Crippen LogP contribution is -1.95. The Morgan fingerprint density at radius 1 is 1.45 bits per heavy atom. The molecular formula is C7H8N4. The van der Waals surface area contributed by atoms with Crippen LogP contribution in [-0.4, -0.2) is 14.4 Å². The summed E-state index contributed by atoms with van der Waals surface area (Å²) in [6, 6.07) is 1.93. The third-order valence-electron chi connectivity index (χ3n) is 1.59. The van der Waals surface area contributed by atoms with Gasteiger partial charge in [-0.1, -0.05) is 0 Å². The Balaban J connectivity index is 2.86. The lowest BCUT2D eigenvalue weighted by molar-refractivity contribution is 1.05. The molecule has 2 aromatic heterocycles. The largest absolute Gasteiger partial charge is 0.369 e. The third-order valence-corrected chi connectivity index (χ3v) is 1.59. The van der Waals surface area contributed by atoms with Crippen LogP contribution in [0.25, 0.3) is 5.52 Å². The third kappa shape index (κ3) is 0.832. The Morgan fingerprint density at radius 3 is 3.09 bits per heavy atom. The van der Waals surface area contributed by atoms with E-state index in [9.17, 15) is 0 Å². The minimum atomic E-state index is 0.479. The molecule has 0 amide bonds. The Kier molecular flexibility index (Phi) is 1.09. The Morgan fingerprint density at radius 2 is 2.27 bits per heavy atom. The molecule has 2 N–H and O–H groups in total. The summed E-state index contributed by atoms with van der Waals surface area (Å²) in [7, 11) is 0. The van der Waals surface area contributed by atoms with Gasteiger partial charge in [-0.2, -0.15) is 0 Å². The van der Waals surface area contributed by atoms with E-state index in [2.05, 4.69) is 9.97 Å². The maximum atomic E-state index is 5.54. The fraction of sp³-hybridized carbons (Fsp3) is 0.143. The van der Waals surface area contributed by atoms with Crippen LogP contribution in [0, 0.1) is 6.92 Å². The highest BCUT2D eigenvalue weighted by molar-refractivity contribution is 5.50. The summed E-state index contributed by atoms with van der Waals surface area (Å²) in [5, 5.41) is 0. The summed E-state index contributed by atoms with van der Waals surface area (Å²) in [5.74, 6) is 0.479. The van der Waals surface area contributed by atoms with Crippen molar-refractivity contribution in [3.05, 3.63) is 24.3 Å². The summed E-state index contributed by atoms with van der Waals surface area (Å²) < 4.78 is 1.74. The van der Waals surface area contributed by atoms with E-state index in [0.717, 1.165) is 11.2 Å². The Bertz CT molecular complexity index is 390. The molecule has 0 aliphatic rings. The Labute approximate surface area is 63.7 Å². The quantitative estimate of drug-likeness (QED) is 0.595. The minimum Gasteiger partial charge on any atom is -0.369 e. The first-order valence-corrected chi connectivity index (χ1v) is 3.32. The number of anilines is 1. The zero-order valence-electron chi connectivity index (χ0n) is 6.15. The normalized spacial score (nSPS) is 10.6. The molecule has 56 valence electrons. The summed E-state index contributed by atoms with van der Waals surface area (Å²) in [5.41, 5.74) is 7.49.